The normalized spacial score (nSPS) is 10.4. The number of hydrogen-bond donors (Lipinski definition) is 1. The average molecular weight is 298 g/mol. The van der Waals surface area contributed by atoms with Crippen LogP contribution in [0.1, 0.15) is 35.6 Å². The molecule has 0 aliphatic rings. The van der Waals surface area contributed by atoms with Crippen LogP contribution in [0, 0.1) is 13.8 Å². The summed E-state index contributed by atoms with van der Waals surface area (Å²) in [7, 11) is 0. The molecule has 0 saturated carbocycles. The zero-order valence-electron chi connectivity index (χ0n) is 13.6. The van der Waals surface area contributed by atoms with Gasteiger partial charge in [0.05, 0.1) is 0 Å². The van der Waals surface area contributed by atoms with E-state index in [1.54, 1.807) is 11.0 Å². The maximum Gasteiger partial charge on any atom is 0.272 e. The van der Waals surface area contributed by atoms with E-state index in [4.69, 9.17) is 0 Å². The monoisotopic (exact) mass is 298 g/mol. The zero-order valence-corrected chi connectivity index (χ0v) is 13.6. The summed E-state index contributed by atoms with van der Waals surface area (Å²) in [6.45, 7) is 9.14. The Morgan fingerprint density at radius 2 is 1.86 bits per heavy atom. The number of aryl methyl sites for hydroxylation is 2. The molecular formula is C17H22N4O. The molecule has 0 saturated heterocycles. The van der Waals surface area contributed by atoms with Crippen LogP contribution in [0.25, 0.3) is 0 Å². The van der Waals surface area contributed by atoms with Crippen LogP contribution in [-0.2, 0) is 0 Å². The van der Waals surface area contributed by atoms with Crippen molar-refractivity contribution in [3.05, 3.63) is 47.3 Å². The van der Waals surface area contributed by atoms with Crippen molar-refractivity contribution in [1.82, 2.24) is 14.9 Å². The number of nitrogens with one attached hydrogen (secondary N) is 1. The van der Waals surface area contributed by atoms with Gasteiger partial charge in [-0.2, -0.15) is 0 Å². The first-order chi connectivity index (χ1) is 10.5. The number of nitrogens with zero attached hydrogens (tertiary/aromatic N) is 3. The molecule has 0 fully saturated rings. The molecule has 0 radical (unpaired) electrons. The lowest BCUT2D eigenvalue weighted by molar-refractivity contribution is 0.0767. The minimum atomic E-state index is -0.0669. The van der Waals surface area contributed by atoms with E-state index in [-0.39, 0.29) is 5.91 Å². The highest BCUT2D eigenvalue weighted by Gasteiger charge is 2.15. The minimum Gasteiger partial charge on any atom is -0.338 e. The molecule has 5 nitrogen and oxygen atoms in total. The second-order valence-corrected chi connectivity index (χ2v) is 5.19. The minimum absolute atomic E-state index is 0.0669. The molecule has 5 heteroatoms. The van der Waals surface area contributed by atoms with Gasteiger partial charge in [0.1, 0.15) is 5.69 Å². The fourth-order valence-electron chi connectivity index (χ4n) is 2.26. The van der Waals surface area contributed by atoms with Crippen LogP contribution >= 0.6 is 0 Å². The lowest BCUT2D eigenvalue weighted by atomic mass is 10.2. The molecule has 22 heavy (non-hydrogen) atoms. The summed E-state index contributed by atoms with van der Waals surface area (Å²) in [5.74, 6) is 0.379. The van der Waals surface area contributed by atoms with E-state index in [9.17, 15) is 4.79 Å². The van der Waals surface area contributed by atoms with E-state index < -0.39 is 0 Å². The van der Waals surface area contributed by atoms with Crippen molar-refractivity contribution >= 4 is 17.5 Å². The Bertz CT molecular complexity index is 665. The summed E-state index contributed by atoms with van der Waals surface area (Å²) < 4.78 is 0. The number of hydrogen-bond acceptors (Lipinski definition) is 4. The summed E-state index contributed by atoms with van der Waals surface area (Å²) in [6.07, 6.45) is 0. The Balaban J connectivity index is 2.28. The van der Waals surface area contributed by atoms with Crippen LogP contribution in [0.2, 0.25) is 0 Å². The van der Waals surface area contributed by atoms with Gasteiger partial charge in [-0.1, -0.05) is 12.1 Å². The number of carbonyl (C=O) groups is 1. The Kier molecular flexibility index (Phi) is 5.09. The topological polar surface area (TPSA) is 58.1 Å². The van der Waals surface area contributed by atoms with Crippen LogP contribution in [0.5, 0.6) is 0 Å². The molecule has 0 bridgehead atoms. The Hall–Kier alpha value is -2.43. The standard InChI is InChI=1S/C17H22N4O/c1-5-21(6-2)16(22)15-11-13(4)18-17(20-15)19-14-9-7-8-12(3)10-14/h7-11H,5-6H2,1-4H3,(H,18,19,20). The maximum absolute atomic E-state index is 12.4. The highest BCUT2D eigenvalue weighted by Crippen LogP contribution is 2.16. The average Bonchev–Trinajstić information content (AvgIpc) is 2.47. The van der Waals surface area contributed by atoms with E-state index in [0.717, 1.165) is 16.9 Å². The molecule has 0 spiro atoms. The van der Waals surface area contributed by atoms with E-state index >= 15 is 0 Å². The molecular weight excluding hydrogens is 276 g/mol. The van der Waals surface area contributed by atoms with Gasteiger partial charge in [0.25, 0.3) is 5.91 Å². The third kappa shape index (κ3) is 3.81. The molecule has 2 aromatic rings. The first kappa shape index (κ1) is 15.9. The highest BCUT2D eigenvalue weighted by atomic mass is 16.2. The van der Waals surface area contributed by atoms with E-state index in [0.29, 0.717) is 24.7 Å². The summed E-state index contributed by atoms with van der Waals surface area (Å²) in [6, 6.07) is 9.68. The van der Waals surface area contributed by atoms with Crippen molar-refractivity contribution in [3.8, 4) is 0 Å². The van der Waals surface area contributed by atoms with Gasteiger partial charge in [-0.15, -0.1) is 0 Å². The lowest BCUT2D eigenvalue weighted by Crippen LogP contribution is -2.31. The van der Waals surface area contributed by atoms with E-state index in [1.165, 1.54) is 0 Å². The molecule has 0 unspecified atom stereocenters. The third-order valence-electron chi connectivity index (χ3n) is 3.40. The van der Waals surface area contributed by atoms with Gasteiger partial charge in [-0.3, -0.25) is 4.79 Å². The molecule has 0 atom stereocenters. The SMILES string of the molecule is CCN(CC)C(=O)c1cc(C)nc(Nc2cccc(C)c2)n1. The second-order valence-electron chi connectivity index (χ2n) is 5.19. The third-order valence-corrected chi connectivity index (χ3v) is 3.40. The van der Waals surface area contributed by atoms with Gasteiger partial charge >= 0.3 is 0 Å². The van der Waals surface area contributed by atoms with Crippen LogP contribution < -0.4 is 5.32 Å². The van der Waals surface area contributed by atoms with E-state index in [2.05, 4.69) is 15.3 Å². The number of anilines is 2. The number of benzene rings is 1. The zero-order chi connectivity index (χ0) is 16.1. The quantitative estimate of drug-likeness (QED) is 0.920. The van der Waals surface area contributed by atoms with Gasteiger partial charge in [0.2, 0.25) is 5.95 Å². The van der Waals surface area contributed by atoms with Crippen LogP contribution in [0.4, 0.5) is 11.6 Å². The van der Waals surface area contributed by atoms with Gasteiger partial charge < -0.3 is 10.2 Å². The molecule has 1 heterocycles. The molecule has 0 aliphatic carbocycles. The first-order valence-corrected chi connectivity index (χ1v) is 7.52. The highest BCUT2D eigenvalue weighted by molar-refractivity contribution is 5.92. The van der Waals surface area contributed by atoms with Crippen molar-refractivity contribution in [2.75, 3.05) is 18.4 Å². The molecule has 1 N–H and O–H groups in total. The van der Waals surface area contributed by atoms with Gasteiger partial charge in [0.15, 0.2) is 0 Å². The van der Waals surface area contributed by atoms with Crippen LogP contribution in [0.15, 0.2) is 30.3 Å². The second kappa shape index (κ2) is 7.02. The molecule has 0 aliphatic heterocycles. The van der Waals surface area contributed by atoms with Gasteiger partial charge in [0, 0.05) is 24.5 Å². The van der Waals surface area contributed by atoms with Crippen molar-refractivity contribution in [1.29, 1.82) is 0 Å². The van der Waals surface area contributed by atoms with E-state index in [1.807, 2.05) is 52.0 Å². The number of rotatable bonds is 5. The van der Waals surface area contributed by atoms with Crippen molar-refractivity contribution < 1.29 is 4.79 Å². The molecule has 1 aromatic carbocycles. The molecule has 2 rings (SSSR count). The first-order valence-electron chi connectivity index (χ1n) is 7.52. The number of amides is 1. The van der Waals surface area contributed by atoms with Gasteiger partial charge in [-0.25, -0.2) is 9.97 Å². The maximum atomic E-state index is 12.4. The Labute approximate surface area is 131 Å². The number of carbonyl (C=O) groups excluding carboxylic acids is 1. The summed E-state index contributed by atoms with van der Waals surface area (Å²) >= 11 is 0. The number of aromatic nitrogens is 2. The van der Waals surface area contributed by atoms with Gasteiger partial charge in [-0.05, 0) is 51.5 Å². The fraction of sp³-hybridized carbons (Fsp3) is 0.353. The largest absolute Gasteiger partial charge is 0.338 e. The molecule has 1 aromatic heterocycles. The van der Waals surface area contributed by atoms with Crippen molar-refractivity contribution in [2.45, 2.75) is 27.7 Å². The smallest absolute Gasteiger partial charge is 0.272 e. The van der Waals surface area contributed by atoms with Crippen molar-refractivity contribution in [2.24, 2.45) is 0 Å². The van der Waals surface area contributed by atoms with Crippen LogP contribution in [-0.4, -0.2) is 33.9 Å². The predicted molar refractivity (Wildman–Crippen MR) is 88.5 cm³/mol. The Morgan fingerprint density at radius 1 is 1.14 bits per heavy atom. The molecule has 1 amide bonds. The van der Waals surface area contributed by atoms with Crippen molar-refractivity contribution in [3.63, 3.8) is 0 Å². The summed E-state index contributed by atoms with van der Waals surface area (Å²) in [5, 5.41) is 3.16. The Morgan fingerprint density at radius 3 is 2.50 bits per heavy atom. The molecule has 116 valence electrons. The van der Waals surface area contributed by atoms with Crippen LogP contribution in [0.3, 0.4) is 0 Å². The lowest BCUT2D eigenvalue weighted by Gasteiger charge is -2.18. The summed E-state index contributed by atoms with van der Waals surface area (Å²) in [4.78, 5) is 22.9. The predicted octanol–water partition coefficient (Wildman–Crippen LogP) is 3.32. The fourth-order valence-corrected chi connectivity index (χ4v) is 2.26. The summed E-state index contributed by atoms with van der Waals surface area (Å²) in [5.41, 5.74) is 3.25.